The van der Waals surface area contributed by atoms with E-state index in [2.05, 4.69) is 10.1 Å². The lowest BCUT2D eigenvalue weighted by Gasteiger charge is -2.51. The Balaban J connectivity index is 1.67. The lowest BCUT2D eigenvalue weighted by molar-refractivity contribution is -0.139. The van der Waals surface area contributed by atoms with E-state index in [4.69, 9.17) is 4.52 Å². The van der Waals surface area contributed by atoms with Crippen LogP contribution in [0.5, 0.6) is 0 Å². The van der Waals surface area contributed by atoms with Crippen LogP contribution in [0.25, 0.3) is 0 Å². The Morgan fingerprint density at radius 3 is 2.77 bits per heavy atom. The van der Waals surface area contributed by atoms with Crippen molar-refractivity contribution in [2.75, 3.05) is 0 Å². The molecule has 1 heterocycles. The van der Waals surface area contributed by atoms with Gasteiger partial charge in [0.1, 0.15) is 5.78 Å². The van der Waals surface area contributed by atoms with Crippen molar-refractivity contribution in [3.63, 3.8) is 0 Å². The molecule has 0 atom stereocenters. The summed E-state index contributed by atoms with van der Waals surface area (Å²) in [7, 11) is 0. The van der Waals surface area contributed by atoms with Crippen LogP contribution in [0.2, 0.25) is 0 Å². The number of ketones is 1. The molecule has 4 heteroatoms. The summed E-state index contributed by atoms with van der Waals surface area (Å²) in [6.07, 6.45) is 5.10. The molecule has 1 aromatic rings. The third-order valence-electron chi connectivity index (χ3n) is 3.23. The standard InChI is InChI=1S/C9H10N2O2/c12-7-3-9(4-7)1-6(2-9)8-10-5-11-13-8/h5-6H,1-4H2. The molecule has 0 N–H and O–H groups in total. The molecule has 0 radical (unpaired) electrons. The summed E-state index contributed by atoms with van der Waals surface area (Å²) in [5.41, 5.74) is 0.330. The monoisotopic (exact) mass is 178 g/mol. The lowest BCUT2D eigenvalue weighted by atomic mass is 9.51. The second-order valence-electron chi connectivity index (χ2n) is 4.28. The Morgan fingerprint density at radius 2 is 2.23 bits per heavy atom. The first-order valence-corrected chi connectivity index (χ1v) is 4.56. The first kappa shape index (κ1) is 7.24. The van der Waals surface area contributed by atoms with Crippen molar-refractivity contribution in [1.82, 2.24) is 10.1 Å². The maximum atomic E-state index is 10.8. The van der Waals surface area contributed by atoms with Gasteiger partial charge in [-0.1, -0.05) is 5.16 Å². The fourth-order valence-corrected chi connectivity index (χ4v) is 2.60. The summed E-state index contributed by atoms with van der Waals surface area (Å²) in [4.78, 5) is 14.9. The van der Waals surface area contributed by atoms with Gasteiger partial charge in [-0.2, -0.15) is 4.98 Å². The van der Waals surface area contributed by atoms with Gasteiger partial charge in [-0.25, -0.2) is 0 Å². The number of carbonyl (C=O) groups is 1. The first-order chi connectivity index (χ1) is 6.27. The van der Waals surface area contributed by atoms with E-state index >= 15 is 0 Å². The predicted molar refractivity (Wildman–Crippen MR) is 42.9 cm³/mol. The maximum absolute atomic E-state index is 10.8. The zero-order chi connectivity index (χ0) is 8.89. The van der Waals surface area contributed by atoms with Crippen LogP contribution in [0.15, 0.2) is 10.9 Å². The summed E-state index contributed by atoms with van der Waals surface area (Å²) >= 11 is 0. The molecule has 13 heavy (non-hydrogen) atoms. The molecule has 2 fully saturated rings. The quantitative estimate of drug-likeness (QED) is 0.650. The van der Waals surface area contributed by atoms with Crippen LogP contribution in [-0.2, 0) is 4.79 Å². The van der Waals surface area contributed by atoms with Crippen LogP contribution >= 0.6 is 0 Å². The lowest BCUT2D eigenvalue weighted by Crippen LogP contribution is -2.46. The number of carbonyl (C=O) groups excluding carboxylic acids is 1. The van der Waals surface area contributed by atoms with Crippen LogP contribution in [0.1, 0.15) is 37.5 Å². The van der Waals surface area contributed by atoms with Crippen LogP contribution in [0, 0.1) is 5.41 Å². The number of rotatable bonds is 1. The Morgan fingerprint density at radius 1 is 1.46 bits per heavy atom. The van der Waals surface area contributed by atoms with Gasteiger partial charge in [0.05, 0.1) is 0 Å². The van der Waals surface area contributed by atoms with E-state index in [1.807, 2.05) is 0 Å². The molecule has 0 amide bonds. The number of nitrogens with zero attached hydrogens (tertiary/aromatic N) is 2. The minimum absolute atomic E-state index is 0.330. The second kappa shape index (κ2) is 2.19. The highest BCUT2D eigenvalue weighted by Crippen LogP contribution is 2.60. The number of hydrogen-bond donors (Lipinski definition) is 0. The highest BCUT2D eigenvalue weighted by molar-refractivity contribution is 5.86. The molecule has 1 spiro atoms. The zero-order valence-electron chi connectivity index (χ0n) is 7.19. The molecule has 2 saturated carbocycles. The van der Waals surface area contributed by atoms with E-state index in [0.29, 0.717) is 17.1 Å². The van der Waals surface area contributed by atoms with Crippen molar-refractivity contribution >= 4 is 5.78 Å². The van der Waals surface area contributed by atoms with Crippen molar-refractivity contribution in [1.29, 1.82) is 0 Å². The summed E-state index contributed by atoms with van der Waals surface area (Å²) in [5.74, 6) is 1.56. The van der Waals surface area contributed by atoms with E-state index in [9.17, 15) is 4.79 Å². The third-order valence-corrected chi connectivity index (χ3v) is 3.23. The van der Waals surface area contributed by atoms with Gasteiger partial charge in [-0.15, -0.1) is 0 Å². The summed E-state index contributed by atoms with van der Waals surface area (Å²) in [6, 6.07) is 0. The molecule has 4 nitrogen and oxygen atoms in total. The summed E-state index contributed by atoms with van der Waals surface area (Å²) in [5, 5.41) is 3.58. The Kier molecular flexibility index (Phi) is 1.22. The van der Waals surface area contributed by atoms with Crippen molar-refractivity contribution in [3.05, 3.63) is 12.2 Å². The Labute approximate surface area is 75.3 Å². The molecule has 0 saturated heterocycles. The van der Waals surface area contributed by atoms with Gasteiger partial charge in [-0.3, -0.25) is 4.79 Å². The van der Waals surface area contributed by atoms with Gasteiger partial charge >= 0.3 is 0 Å². The van der Waals surface area contributed by atoms with E-state index in [0.717, 1.165) is 31.6 Å². The minimum Gasteiger partial charge on any atom is -0.339 e. The predicted octanol–water partition coefficient (Wildman–Crippen LogP) is 1.30. The molecule has 1 aromatic heterocycles. The molecule has 0 unspecified atom stereocenters. The van der Waals surface area contributed by atoms with Crippen molar-refractivity contribution in [2.45, 2.75) is 31.6 Å². The average molecular weight is 178 g/mol. The number of aromatic nitrogens is 2. The molecule has 0 aliphatic heterocycles. The van der Waals surface area contributed by atoms with E-state index in [-0.39, 0.29) is 0 Å². The molecule has 2 aliphatic carbocycles. The van der Waals surface area contributed by atoms with Crippen LogP contribution in [0.3, 0.4) is 0 Å². The van der Waals surface area contributed by atoms with Gasteiger partial charge in [-0.05, 0) is 18.3 Å². The van der Waals surface area contributed by atoms with Crippen molar-refractivity contribution in [3.8, 4) is 0 Å². The highest BCUT2D eigenvalue weighted by Gasteiger charge is 2.54. The topological polar surface area (TPSA) is 56.0 Å². The molecule has 2 aliphatic rings. The van der Waals surface area contributed by atoms with Crippen molar-refractivity contribution in [2.24, 2.45) is 5.41 Å². The molecular weight excluding hydrogens is 168 g/mol. The third kappa shape index (κ3) is 0.944. The second-order valence-corrected chi connectivity index (χ2v) is 4.28. The fraction of sp³-hybridized carbons (Fsp3) is 0.667. The number of hydrogen-bond acceptors (Lipinski definition) is 4. The van der Waals surface area contributed by atoms with E-state index < -0.39 is 0 Å². The average Bonchev–Trinajstić information content (AvgIpc) is 2.45. The summed E-state index contributed by atoms with van der Waals surface area (Å²) < 4.78 is 4.98. The van der Waals surface area contributed by atoms with Crippen molar-refractivity contribution < 1.29 is 9.32 Å². The van der Waals surface area contributed by atoms with Crippen LogP contribution in [-0.4, -0.2) is 15.9 Å². The SMILES string of the molecule is O=C1CC2(C1)CC(c1ncno1)C2. The molecule has 68 valence electrons. The fourth-order valence-electron chi connectivity index (χ4n) is 2.60. The van der Waals surface area contributed by atoms with E-state index in [1.54, 1.807) is 0 Å². The van der Waals surface area contributed by atoms with Gasteiger partial charge in [0.2, 0.25) is 5.89 Å². The van der Waals surface area contributed by atoms with Gasteiger partial charge in [0.25, 0.3) is 0 Å². The Hall–Kier alpha value is -1.19. The first-order valence-electron chi connectivity index (χ1n) is 4.56. The van der Waals surface area contributed by atoms with E-state index in [1.165, 1.54) is 6.33 Å². The molecule has 0 aromatic carbocycles. The smallest absolute Gasteiger partial charge is 0.229 e. The molecular formula is C9H10N2O2. The molecule has 3 rings (SSSR count). The van der Waals surface area contributed by atoms with Gasteiger partial charge in [0, 0.05) is 18.8 Å². The molecule has 0 bridgehead atoms. The zero-order valence-corrected chi connectivity index (χ0v) is 7.19. The Bertz CT molecular complexity index is 329. The maximum Gasteiger partial charge on any atom is 0.229 e. The number of Topliss-reactive ketones (excluding diaryl/α,β-unsaturated/α-hetero) is 1. The van der Waals surface area contributed by atoms with Crippen LogP contribution < -0.4 is 0 Å². The highest BCUT2D eigenvalue weighted by atomic mass is 16.5. The normalized spacial score (nSPS) is 25.7. The van der Waals surface area contributed by atoms with Gasteiger partial charge in [0.15, 0.2) is 6.33 Å². The van der Waals surface area contributed by atoms with Gasteiger partial charge < -0.3 is 4.52 Å². The summed E-state index contributed by atoms with van der Waals surface area (Å²) in [6.45, 7) is 0. The minimum atomic E-state index is 0.330. The largest absolute Gasteiger partial charge is 0.339 e. The van der Waals surface area contributed by atoms with Crippen LogP contribution in [0.4, 0.5) is 0 Å².